The zero-order chi connectivity index (χ0) is 19.6. The van der Waals surface area contributed by atoms with E-state index in [0.717, 1.165) is 63.2 Å². The number of benzene rings is 1. The zero-order valence-corrected chi connectivity index (χ0v) is 17.1. The van der Waals surface area contributed by atoms with Crippen LogP contribution in [0.3, 0.4) is 0 Å². The molecule has 6 heteroatoms. The first-order chi connectivity index (χ1) is 13.8. The smallest absolute Gasteiger partial charge is 0.191 e. The number of pyridine rings is 1. The fourth-order valence-electron chi connectivity index (χ4n) is 3.28. The van der Waals surface area contributed by atoms with Crippen molar-refractivity contribution in [3.8, 4) is 0 Å². The summed E-state index contributed by atoms with van der Waals surface area (Å²) in [7, 11) is 0. The fourth-order valence-corrected chi connectivity index (χ4v) is 3.28. The van der Waals surface area contributed by atoms with Crippen molar-refractivity contribution in [2.45, 2.75) is 26.9 Å². The lowest BCUT2D eigenvalue weighted by Crippen LogP contribution is -2.46. The van der Waals surface area contributed by atoms with Crippen LogP contribution in [0.5, 0.6) is 0 Å². The van der Waals surface area contributed by atoms with Crippen molar-refractivity contribution in [1.29, 1.82) is 0 Å². The molecule has 1 aliphatic heterocycles. The highest BCUT2D eigenvalue weighted by molar-refractivity contribution is 5.79. The lowest BCUT2D eigenvalue weighted by atomic mass is 10.2. The molecule has 0 radical (unpaired) electrons. The van der Waals surface area contributed by atoms with Gasteiger partial charge < -0.3 is 20.4 Å². The SMILES string of the molecule is CCNC(=NCc1ccc(N2CCN(CC)CC2)nc1)NCc1ccccc1. The highest BCUT2D eigenvalue weighted by Crippen LogP contribution is 2.14. The molecule has 0 bridgehead atoms. The molecule has 0 spiro atoms. The second-order valence-corrected chi connectivity index (χ2v) is 6.98. The molecule has 6 nitrogen and oxygen atoms in total. The summed E-state index contributed by atoms with van der Waals surface area (Å²) in [5, 5.41) is 6.69. The second-order valence-electron chi connectivity index (χ2n) is 6.98. The van der Waals surface area contributed by atoms with Gasteiger partial charge in [-0.3, -0.25) is 0 Å². The molecule has 1 saturated heterocycles. The molecule has 1 fully saturated rings. The van der Waals surface area contributed by atoms with Crippen LogP contribution < -0.4 is 15.5 Å². The van der Waals surface area contributed by atoms with E-state index in [1.807, 2.05) is 12.3 Å². The van der Waals surface area contributed by atoms with Gasteiger partial charge in [0.05, 0.1) is 6.54 Å². The third kappa shape index (κ3) is 5.96. The lowest BCUT2D eigenvalue weighted by molar-refractivity contribution is 0.270. The molecule has 2 aromatic rings. The first-order valence-corrected chi connectivity index (χ1v) is 10.3. The monoisotopic (exact) mass is 380 g/mol. The number of rotatable bonds is 7. The van der Waals surface area contributed by atoms with E-state index in [1.54, 1.807) is 0 Å². The van der Waals surface area contributed by atoms with E-state index in [9.17, 15) is 0 Å². The van der Waals surface area contributed by atoms with Crippen LogP contribution in [-0.4, -0.2) is 55.1 Å². The summed E-state index contributed by atoms with van der Waals surface area (Å²) < 4.78 is 0. The molecule has 2 heterocycles. The third-order valence-corrected chi connectivity index (χ3v) is 5.02. The molecular formula is C22H32N6. The van der Waals surface area contributed by atoms with Crippen LogP contribution in [0.4, 0.5) is 5.82 Å². The summed E-state index contributed by atoms with van der Waals surface area (Å²) in [6, 6.07) is 14.6. The molecule has 1 aromatic carbocycles. The Hall–Kier alpha value is -2.60. The Morgan fingerprint density at radius 3 is 2.39 bits per heavy atom. The summed E-state index contributed by atoms with van der Waals surface area (Å²) >= 11 is 0. The molecule has 0 unspecified atom stereocenters. The minimum absolute atomic E-state index is 0.612. The molecule has 0 atom stereocenters. The molecule has 3 rings (SSSR count). The van der Waals surface area contributed by atoms with Crippen LogP contribution in [0.2, 0.25) is 0 Å². The summed E-state index contributed by atoms with van der Waals surface area (Å²) in [4.78, 5) is 14.2. The van der Waals surface area contributed by atoms with Gasteiger partial charge in [-0.15, -0.1) is 0 Å². The van der Waals surface area contributed by atoms with Gasteiger partial charge in [0.25, 0.3) is 0 Å². The van der Waals surface area contributed by atoms with Gasteiger partial charge in [-0.05, 0) is 30.7 Å². The summed E-state index contributed by atoms with van der Waals surface area (Å²) in [5.41, 5.74) is 2.36. The Balaban J connectivity index is 1.54. The van der Waals surface area contributed by atoms with Crippen molar-refractivity contribution in [3.05, 3.63) is 59.8 Å². The average molecular weight is 381 g/mol. The first kappa shape index (κ1) is 20.1. The Labute approximate surface area is 168 Å². The third-order valence-electron chi connectivity index (χ3n) is 5.02. The quantitative estimate of drug-likeness (QED) is 0.571. The van der Waals surface area contributed by atoms with Gasteiger partial charge in [-0.2, -0.15) is 0 Å². The number of piperazine rings is 1. The maximum atomic E-state index is 4.70. The van der Waals surface area contributed by atoms with Crippen LogP contribution >= 0.6 is 0 Å². The lowest BCUT2D eigenvalue weighted by Gasteiger charge is -2.34. The van der Waals surface area contributed by atoms with Crippen molar-refractivity contribution in [3.63, 3.8) is 0 Å². The molecule has 0 aliphatic carbocycles. The van der Waals surface area contributed by atoms with E-state index in [2.05, 4.69) is 75.7 Å². The van der Waals surface area contributed by atoms with Gasteiger partial charge in [0, 0.05) is 45.5 Å². The fraction of sp³-hybridized carbons (Fsp3) is 0.455. The van der Waals surface area contributed by atoms with E-state index in [-0.39, 0.29) is 0 Å². The van der Waals surface area contributed by atoms with Gasteiger partial charge in [0.1, 0.15) is 5.82 Å². The highest BCUT2D eigenvalue weighted by Gasteiger charge is 2.16. The highest BCUT2D eigenvalue weighted by atomic mass is 15.3. The van der Waals surface area contributed by atoms with Crippen molar-refractivity contribution in [2.75, 3.05) is 44.2 Å². The molecule has 1 aliphatic rings. The predicted octanol–water partition coefficient (Wildman–Crippen LogP) is 2.48. The second kappa shape index (κ2) is 10.7. The molecular weight excluding hydrogens is 348 g/mol. The van der Waals surface area contributed by atoms with Crippen molar-refractivity contribution in [1.82, 2.24) is 20.5 Å². The van der Waals surface area contributed by atoms with Gasteiger partial charge in [-0.1, -0.05) is 43.3 Å². The first-order valence-electron chi connectivity index (χ1n) is 10.3. The zero-order valence-electron chi connectivity index (χ0n) is 17.1. The Kier molecular flexibility index (Phi) is 7.67. The molecule has 1 aromatic heterocycles. The van der Waals surface area contributed by atoms with Gasteiger partial charge in [0.2, 0.25) is 0 Å². The number of guanidine groups is 1. The average Bonchev–Trinajstić information content (AvgIpc) is 2.77. The summed E-state index contributed by atoms with van der Waals surface area (Å²) in [6.07, 6.45) is 1.95. The summed E-state index contributed by atoms with van der Waals surface area (Å²) in [6.45, 7) is 12.0. The van der Waals surface area contributed by atoms with Crippen LogP contribution in [-0.2, 0) is 13.1 Å². The van der Waals surface area contributed by atoms with Gasteiger partial charge in [-0.25, -0.2) is 9.98 Å². The Morgan fingerprint density at radius 1 is 0.964 bits per heavy atom. The minimum Gasteiger partial charge on any atom is -0.357 e. The topological polar surface area (TPSA) is 55.8 Å². The number of hydrogen-bond donors (Lipinski definition) is 2. The van der Waals surface area contributed by atoms with E-state index in [0.29, 0.717) is 6.54 Å². The standard InChI is InChI=1S/C22H32N6/c1-3-23-22(25-16-19-8-6-5-7-9-19)26-18-20-10-11-21(24-17-20)28-14-12-27(4-2)13-15-28/h5-11,17H,3-4,12-16,18H2,1-2H3,(H2,23,25,26). The number of nitrogens with one attached hydrogen (secondary N) is 2. The van der Waals surface area contributed by atoms with Gasteiger partial charge in [0.15, 0.2) is 5.96 Å². The molecule has 150 valence electrons. The molecule has 2 N–H and O–H groups in total. The number of aromatic nitrogens is 1. The number of aliphatic imine (C=N–C) groups is 1. The van der Waals surface area contributed by atoms with Crippen LogP contribution in [0.15, 0.2) is 53.7 Å². The Morgan fingerprint density at radius 2 is 1.75 bits per heavy atom. The number of nitrogens with zero attached hydrogens (tertiary/aromatic N) is 4. The maximum Gasteiger partial charge on any atom is 0.191 e. The van der Waals surface area contributed by atoms with E-state index < -0.39 is 0 Å². The molecule has 0 saturated carbocycles. The van der Waals surface area contributed by atoms with Crippen molar-refractivity contribution >= 4 is 11.8 Å². The predicted molar refractivity (Wildman–Crippen MR) is 117 cm³/mol. The van der Waals surface area contributed by atoms with E-state index in [1.165, 1.54) is 5.56 Å². The Bertz CT molecular complexity index is 720. The van der Waals surface area contributed by atoms with Crippen molar-refractivity contribution < 1.29 is 0 Å². The van der Waals surface area contributed by atoms with Crippen LogP contribution in [0.1, 0.15) is 25.0 Å². The maximum absolute atomic E-state index is 4.70. The van der Waals surface area contributed by atoms with Crippen LogP contribution in [0, 0.1) is 0 Å². The largest absolute Gasteiger partial charge is 0.357 e. The van der Waals surface area contributed by atoms with E-state index in [4.69, 9.17) is 4.99 Å². The number of anilines is 1. The normalized spacial score (nSPS) is 15.5. The van der Waals surface area contributed by atoms with Crippen LogP contribution in [0.25, 0.3) is 0 Å². The van der Waals surface area contributed by atoms with E-state index >= 15 is 0 Å². The molecule has 0 amide bonds. The number of likely N-dealkylation sites (N-methyl/N-ethyl adjacent to an activating group) is 1. The van der Waals surface area contributed by atoms with Crippen molar-refractivity contribution in [2.24, 2.45) is 4.99 Å². The minimum atomic E-state index is 0.612. The molecule has 28 heavy (non-hydrogen) atoms. The number of hydrogen-bond acceptors (Lipinski definition) is 4. The van der Waals surface area contributed by atoms with Gasteiger partial charge >= 0.3 is 0 Å². The summed E-state index contributed by atoms with van der Waals surface area (Å²) in [5.74, 6) is 1.89.